The molecule has 0 bridgehead atoms. The molecule has 190 valence electrons. The van der Waals surface area contributed by atoms with Crippen LogP contribution in [0.25, 0.3) is 10.9 Å². The Morgan fingerprint density at radius 2 is 1.97 bits per heavy atom. The molecule has 0 unspecified atom stereocenters. The summed E-state index contributed by atoms with van der Waals surface area (Å²) in [5, 5.41) is 22.3. The standard InChI is InChI=1S/C26H26F2N2O6/c27-20-8-18-22(24(21(20)28)35-12-16-9-26(34,14-31)13-29-16)30(17-6-7-17)10-19(23(18)32)25(33)36-11-15-4-2-1-3-5-15/h1-5,8,10,16-17,29,31,34H,6-7,9,11-14H2/t16-,26+/m0/s1. The lowest BCUT2D eigenvalue weighted by Gasteiger charge is -2.20. The van der Waals surface area contributed by atoms with Crippen molar-refractivity contribution >= 4 is 16.9 Å². The molecule has 1 saturated carbocycles. The normalized spacial score (nSPS) is 21.6. The van der Waals surface area contributed by atoms with E-state index in [1.54, 1.807) is 28.8 Å². The lowest BCUT2D eigenvalue weighted by molar-refractivity contribution is 0.000243. The second-order valence-electron chi connectivity index (χ2n) is 9.45. The van der Waals surface area contributed by atoms with Gasteiger partial charge in [0.2, 0.25) is 11.2 Å². The number of hydrogen-bond donors (Lipinski definition) is 3. The van der Waals surface area contributed by atoms with E-state index in [9.17, 15) is 28.6 Å². The molecule has 3 aromatic rings. The van der Waals surface area contributed by atoms with Crippen LogP contribution < -0.4 is 15.5 Å². The minimum absolute atomic E-state index is 0.0404. The summed E-state index contributed by atoms with van der Waals surface area (Å²) in [7, 11) is 0. The number of fused-ring (bicyclic) bond motifs is 1. The van der Waals surface area contributed by atoms with Gasteiger partial charge in [-0.2, -0.15) is 4.39 Å². The second kappa shape index (κ2) is 9.61. The molecule has 2 heterocycles. The van der Waals surface area contributed by atoms with Gasteiger partial charge in [0.1, 0.15) is 24.4 Å². The first-order chi connectivity index (χ1) is 17.3. The van der Waals surface area contributed by atoms with Crippen molar-refractivity contribution in [3.63, 3.8) is 0 Å². The van der Waals surface area contributed by atoms with E-state index in [2.05, 4.69) is 5.32 Å². The molecule has 8 nitrogen and oxygen atoms in total. The summed E-state index contributed by atoms with van der Waals surface area (Å²) in [4.78, 5) is 26.1. The number of esters is 1. The molecule has 0 amide bonds. The van der Waals surface area contributed by atoms with Gasteiger partial charge in [0.25, 0.3) is 0 Å². The second-order valence-corrected chi connectivity index (χ2v) is 9.45. The van der Waals surface area contributed by atoms with Crippen LogP contribution in [0.5, 0.6) is 5.75 Å². The summed E-state index contributed by atoms with van der Waals surface area (Å²) in [6.45, 7) is -0.484. The Labute approximate surface area is 205 Å². The summed E-state index contributed by atoms with van der Waals surface area (Å²) >= 11 is 0. The number of rotatable bonds is 8. The average Bonchev–Trinajstić information content (AvgIpc) is 3.66. The maximum Gasteiger partial charge on any atom is 0.343 e. The van der Waals surface area contributed by atoms with Crippen LogP contribution in [0.1, 0.15) is 41.2 Å². The Morgan fingerprint density at radius 1 is 1.22 bits per heavy atom. The Hall–Kier alpha value is -3.34. The third-order valence-electron chi connectivity index (χ3n) is 6.61. The van der Waals surface area contributed by atoms with Crippen LogP contribution in [0.4, 0.5) is 8.78 Å². The monoisotopic (exact) mass is 500 g/mol. The van der Waals surface area contributed by atoms with E-state index in [0.717, 1.165) is 24.5 Å². The summed E-state index contributed by atoms with van der Waals surface area (Å²) < 4.78 is 42.2. The molecule has 10 heteroatoms. The van der Waals surface area contributed by atoms with E-state index in [4.69, 9.17) is 9.47 Å². The van der Waals surface area contributed by atoms with Gasteiger partial charge in [-0.3, -0.25) is 4.79 Å². The number of benzene rings is 2. The summed E-state index contributed by atoms with van der Waals surface area (Å²) in [5.74, 6) is -3.81. The molecule has 0 radical (unpaired) electrons. The molecule has 3 N–H and O–H groups in total. The smallest absolute Gasteiger partial charge is 0.343 e. The highest BCUT2D eigenvalue weighted by Crippen LogP contribution is 2.40. The van der Waals surface area contributed by atoms with Gasteiger partial charge in [-0.05, 0) is 30.9 Å². The number of nitrogens with one attached hydrogen (secondary N) is 1. The van der Waals surface area contributed by atoms with Gasteiger partial charge < -0.3 is 29.6 Å². The Balaban J connectivity index is 1.50. The highest BCUT2D eigenvalue weighted by molar-refractivity contribution is 5.95. The van der Waals surface area contributed by atoms with Crippen molar-refractivity contribution in [3.05, 3.63) is 75.6 Å². The van der Waals surface area contributed by atoms with Gasteiger partial charge in [-0.15, -0.1) is 0 Å². The predicted molar refractivity (Wildman–Crippen MR) is 126 cm³/mol. The zero-order valence-corrected chi connectivity index (χ0v) is 19.4. The lowest BCUT2D eigenvalue weighted by Crippen LogP contribution is -2.35. The Kier molecular flexibility index (Phi) is 6.50. The molecule has 36 heavy (non-hydrogen) atoms. The van der Waals surface area contributed by atoms with Crippen LogP contribution in [0.3, 0.4) is 0 Å². The van der Waals surface area contributed by atoms with Crippen LogP contribution in [0.2, 0.25) is 0 Å². The van der Waals surface area contributed by atoms with Gasteiger partial charge in [-0.1, -0.05) is 30.3 Å². The van der Waals surface area contributed by atoms with Crippen molar-refractivity contribution in [1.82, 2.24) is 9.88 Å². The number of carbonyl (C=O) groups excluding carboxylic acids is 1. The Bertz CT molecular complexity index is 1360. The molecule has 2 aliphatic rings. The summed E-state index contributed by atoms with van der Waals surface area (Å²) in [5.41, 5.74) is -1.56. The summed E-state index contributed by atoms with van der Waals surface area (Å²) in [6, 6.07) is 9.22. The molecular formula is C26H26F2N2O6. The van der Waals surface area contributed by atoms with Crippen molar-refractivity contribution in [2.75, 3.05) is 19.8 Å². The molecular weight excluding hydrogens is 474 g/mol. The number of aromatic nitrogens is 1. The largest absolute Gasteiger partial charge is 0.487 e. The van der Waals surface area contributed by atoms with Gasteiger partial charge in [0, 0.05) is 24.8 Å². The highest BCUT2D eigenvalue weighted by Gasteiger charge is 2.37. The third-order valence-corrected chi connectivity index (χ3v) is 6.61. The first-order valence-corrected chi connectivity index (χ1v) is 11.8. The molecule has 1 aromatic heterocycles. The van der Waals surface area contributed by atoms with Crippen LogP contribution in [-0.2, 0) is 11.3 Å². The molecule has 0 spiro atoms. The van der Waals surface area contributed by atoms with E-state index in [1.165, 1.54) is 6.20 Å². The number of aliphatic hydroxyl groups is 2. The van der Waals surface area contributed by atoms with Crippen LogP contribution in [-0.4, -0.2) is 52.2 Å². The van der Waals surface area contributed by atoms with E-state index in [0.29, 0.717) is 0 Å². The molecule has 1 aliphatic heterocycles. The summed E-state index contributed by atoms with van der Waals surface area (Å²) in [6.07, 6.45) is 2.97. The number of pyridine rings is 1. The first-order valence-electron chi connectivity index (χ1n) is 11.8. The molecule has 1 aliphatic carbocycles. The van der Waals surface area contributed by atoms with E-state index >= 15 is 0 Å². The number of hydrogen-bond acceptors (Lipinski definition) is 7. The van der Waals surface area contributed by atoms with Crippen LogP contribution in [0, 0.1) is 11.6 Å². The molecule has 2 atom stereocenters. The maximum absolute atomic E-state index is 15.0. The van der Waals surface area contributed by atoms with E-state index in [-0.39, 0.29) is 48.7 Å². The SMILES string of the molecule is O=C(OCc1ccccc1)c1cn(C2CC2)c2c(OC[C@@H]3C[C@](O)(CO)CN3)c(F)c(F)cc2c1=O. The lowest BCUT2D eigenvalue weighted by atomic mass is 10.0. The van der Waals surface area contributed by atoms with Gasteiger partial charge in [-0.25, -0.2) is 9.18 Å². The fraction of sp³-hybridized carbons (Fsp3) is 0.385. The number of aliphatic hydroxyl groups excluding tert-OH is 1. The van der Waals surface area contributed by atoms with Crippen LogP contribution >= 0.6 is 0 Å². The van der Waals surface area contributed by atoms with Crippen molar-refractivity contribution in [2.45, 2.75) is 43.6 Å². The maximum atomic E-state index is 15.0. The number of carbonyl (C=O) groups is 1. The average molecular weight is 500 g/mol. The fourth-order valence-corrected chi connectivity index (χ4v) is 4.51. The topological polar surface area (TPSA) is 110 Å². The fourth-order valence-electron chi connectivity index (χ4n) is 4.51. The van der Waals surface area contributed by atoms with Crippen molar-refractivity contribution in [3.8, 4) is 5.75 Å². The Morgan fingerprint density at radius 3 is 2.64 bits per heavy atom. The number of ether oxygens (including phenoxy) is 2. The van der Waals surface area contributed by atoms with Gasteiger partial charge >= 0.3 is 5.97 Å². The van der Waals surface area contributed by atoms with Crippen LogP contribution in [0.15, 0.2) is 47.4 Å². The first kappa shape index (κ1) is 24.4. The van der Waals surface area contributed by atoms with Crippen molar-refractivity contribution in [2.24, 2.45) is 0 Å². The predicted octanol–water partition coefficient (Wildman–Crippen LogP) is 2.44. The molecule has 1 saturated heterocycles. The third kappa shape index (κ3) is 4.71. The van der Waals surface area contributed by atoms with Gasteiger partial charge in [0.15, 0.2) is 11.6 Å². The molecule has 2 aromatic carbocycles. The number of nitrogens with zero attached hydrogens (tertiary/aromatic N) is 1. The zero-order valence-electron chi connectivity index (χ0n) is 19.4. The minimum Gasteiger partial charge on any atom is -0.487 e. The zero-order chi connectivity index (χ0) is 25.4. The number of β-amino-alcohol motifs (C(OH)–C–C–N with tert-alkyl or cyclic N) is 1. The number of halogens is 2. The van der Waals surface area contributed by atoms with E-state index < -0.39 is 47.0 Å². The quantitative estimate of drug-likeness (QED) is 0.408. The van der Waals surface area contributed by atoms with E-state index in [1.807, 2.05) is 6.07 Å². The van der Waals surface area contributed by atoms with Crippen molar-refractivity contribution in [1.29, 1.82) is 0 Å². The van der Waals surface area contributed by atoms with Crippen molar-refractivity contribution < 1.29 is 33.3 Å². The minimum atomic E-state index is -1.32. The van der Waals surface area contributed by atoms with Gasteiger partial charge in [0.05, 0.1) is 17.5 Å². The highest BCUT2D eigenvalue weighted by atomic mass is 19.2. The molecule has 2 fully saturated rings. The molecule has 5 rings (SSSR count).